The molecule has 2 N–H and O–H groups in total. The summed E-state index contributed by atoms with van der Waals surface area (Å²) in [7, 11) is 0. The first kappa shape index (κ1) is 8.63. The number of Topliss-reactive ketones (excluding diaryl/α,β-unsaturated/α-hetero) is 1. The molecule has 0 atom stereocenters. The lowest BCUT2D eigenvalue weighted by molar-refractivity contribution is -0.121. The van der Waals surface area contributed by atoms with Crippen LogP contribution in [0.4, 0.5) is 0 Å². The Morgan fingerprint density at radius 1 is 1.67 bits per heavy atom. The van der Waals surface area contributed by atoms with Crippen molar-refractivity contribution in [2.45, 2.75) is 26.7 Å². The molecule has 0 amide bonds. The Hall–Kier alpha value is -0.370. The number of hydrogen-bond acceptors (Lipinski definition) is 2. The Labute approximate surface area is 57.9 Å². The van der Waals surface area contributed by atoms with Gasteiger partial charge in [-0.2, -0.15) is 0 Å². The smallest absolute Gasteiger partial charge is 0.135 e. The minimum absolute atomic E-state index is 0. The fourth-order valence-corrected chi connectivity index (χ4v) is 0.565. The van der Waals surface area contributed by atoms with Gasteiger partial charge in [-0.1, -0.05) is 13.8 Å². The summed E-state index contributed by atoms with van der Waals surface area (Å²) in [6, 6.07) is 0. The van der Waals surface area contributed by atoms with Gasteiger partial charge in [-0.05, 0) is 13.0 Å². The molecule has 0 saturated heterocycles. The van der Waals surface area contributed by atoms with Crippen molar-refractivity contribution in [1.82, 2.24) is 0 Å². The molecule has 0 unspecified atom stereocenters. The molecule has 0 bridgehead atoms. The zero-order valence-electron chi connectivity index (χ0n) is 6.18. The second kappa shape index (κ2) is 4.50. The van der Waals surface area contributed by atoms with Crippen LogP contribution >= 0.6 is 0 Å². The van der Waals surface area contributed by atoms with E-state index in [1.165, 1.54) is 0 Å². The molecule has 0 aromatic heterocycles. The summed E-state index contributed by atoms with van der Waals surface area (Å²) in [5, 5.41) is 0. The molecule has 2 heteroatoms. The molecule has 0 heterocycles. The molecule has 0 aromatic rings. The number of nitrogens with two attached hydrogens (primary N) is 1. The molecule has 0 fully saturated rings. The van der Waals surface area contributed by atoms with E-state index >= 15 is 0 Å². The molecule has 2 nitrogen and oxygen atoms in total. The van der Waals surface area contributed by atoms with Crippen molar-refractivity contribution in [2.24, 2.45) is 11.7 Å². The second-order valence-electron chi connectivity index (χ2n) is 2.51. The van der Waals surface area contributed by atoms with E-state index < -0.39 is 0 Å². The van der Waals surface area contributed by atoms with Gasteiger partial charge in [0.2, 0.25) is 0 Å². The minimum atomic E-state index is 0. The largest absolute Gasteiger partial charge is 0.330 e. The van der Waals surface area contributed by atoms with E-state index in [4.69, 9.17) is 5.73 Å². The van der Waals surface area contributed by atoms with Gasteiger partial charge in [-0.15, -0.1) is 0 Å². The van der Waals surface area contributed by atoms with Crippen molar-refractivity contribution in [3.8, 4) is 0 Å². The van der Waals surface area contributed by atoms with Crippen LogP contribution in [0.3, 0.4) is 0 Å². The van der Waals surface area contributed by atoms with Crippen LogP contribution in [-0.2, 0) is 4.79 Å². The van der Waals surface area contributed by atoms with E-state index in [9.17, 15) is 4.79 Å². The van der Waals surface area contributed by atoms with E-state index in [0.717, 1.165) is 6.42 Å². The van der Waals surface area contributed by atoms with Gasteiger partial charge in [0.25, 0.3) is 0 Å². The molecular formula is C7H17NO. The predicted molar refractivity (Wildman–Crippen MR) is 40.2 cm³/mol. The lowest BCUT2D eigenvalue weighted by Crippen LogP contribution is -2.09. The molecular weight excluding hydrogens is 114 g/mol. The van der Waals surface area contributed by atoms with Crippen LogP contribution in [0, 0.1) is 5.92 Å². The van der Waals surface area contributed by atoms with Crippen LogP contribution < -0.4 is 5.73 Å². The fourth-order valence-electron chi connectivity index (χ4n) is 0.565. The van der Waals surface area contributed by atoms with Crippen LogP contribution in [0.25, 0.3) is 0 Å². The maximum atomic E-state index is 10.8. The average Bonchev–Trinajstić information content (AvgIpc) is 1.82. The topological polar surface area (TPSA) is 43.1 Å². The highest BCUT2D eigenvalue weighted by molar-refractivity contribution is 5.80. The number of carbonyl (C=O) groups excluding carboxylic acids is 1. The average molecular weight is 131 g/mol. The van der Waals surface area contributed by atoms with Crippen molar-refractivity contribution < 1.29 is 6.22 Å². The third-order valence-electron chi connectivity index (χ3n) is 1.27. The molecule has 0 radical (unpaired) electrons. The van der Waals surface area contributed by atoms with Crippen molar-refractivity contribution in [3.63, 3.8) is 0 Å². The highest BCUT2D eigenvalue weighted by atomic mass is 16.1. The summed E-state index contributed by atoms with van der Waals surface area (Å²) < 4.78 is 0. The molecule has 0 rings (SSSR count). The van der Waals surface area contributed by atoms with Crippen LogP contribution in [0.15, 0.2) is 0 Å². The molecule has 0 saturated carbocycles. The van der Waals surface area contributed by atoms with Gasteiger partial charge in [0.05, 0.1) is 0 Å². The summed E-state index contributed by atoms with van der Waals surface area (Å²) in [5.41, 5.74) is 5.22. The summed E-state index contributed by atoms with van der Waals surface area (Å²) in [6.07, 6.45) is 1.48. The lowest BCUT2D eigenvalue weighted by Gasteiger charge is -2.00. The van der Waals surface area contributed by atoms with E-state index in [2.05, 4.69) is 0 Å². The SMILES string of the molecule is CC(C)C(=O)CCCN.[HH]. The van der Waals surface area contributed by atoms with Crippen molar-refractivity contribution in [2.75, 3.05) is 6.54 Å². The Morgan fingerprint density at radius 2 is 2.22 bits per heavy atom. The molecule has 0 spiro atoms. The fraction of sp³-hybridized carbons (Fsp3) is 0.857. The lowest BCUT2D eigenvalue weighted by atomic mass is 10.1. The number of carbonyl (C=O) groups is 1. The van der Waals surface area contributed by atoms with E-state index in [-0.39, 0.29) is 7.34 Å². The molecule has 0 aliphatic heterocycles. The quantitative estimate of drug-likeness (QED) is 0.623. The number of ketones is 1. The Kier molecular flexibility index (Phi) is 4.32. The van der Waals surface area contributed by atoms with Gasteiger partial charge in [-0.3, -0.25) is 4.79 Å². The van der Waals surface area contributed by atoms with Crippen LogP contribution in [0.2, 0.25) is 0 Å². The summed E-state index contributed by atoms with van der Waals surface area (Å²) in [5.74, 6) is 0.497. The zero-order chi connectivity index (χ0) is 7.28. The predicted octanol–water partition coefficient (Wildman–Crippen LogP) is 1.20. The first-order valence-corrected chi connectivity index (χ1v) is 3.41. The Morgan fingerprint density at radius 3 is 2.56 bits per heavy atom. The number of rotatable bonds is 4. The molecule has 56 valence electrons. The van der Waals surface area contributed by atoms with Crippen molar-refractivity contribution in [1.29, 1.82) is 0 Å². The molecule has 0 aliphatic carbocycles. The Balaban J connectivity index is 0. The van der Waals surface area contributed by atoms with Gasteiger partial charge in [0.15, 0.2) is 0 Å². The standard InChI is InChI=1S/C7H15NO.H2/c1-6(2)7(9)4-3-5-8;/h6H,3-5,8H2,1-2H3;1H. The van der Waals surface area contributed by atoms with Crippen LogP contribution in [-0.4, -0.2) is 12.3 Å². The monoisotopic (exact) mass is 131 g/mol. The van der Waals surface area contributed by atoms with Gasteiger partial charge in [-0.25, -0.2) is 0 Å². The van der Waals surface area contributed by atoms with Crippen molar-refractivity contribution >= 4 is 5.78 Å². The molecule has 0 aromatic carbocycles. The summed E-state index contributed by atoms with van der Waals surface area (Å²) in [4.78, 5) is 10.8. The third kappa shape index (κ3) is 4.15. The minimum Gasteiger partial charge on any atom is -0.330 e. The summed E-state index contributed by atoms with van der Waals surface area (Å²) in [6.45, 7) is 4.45. The third-order valence-corrected chi connectivity index (χ3v) is 1.27. The van der Waals surface area contributed by atoms with Gasteiger partial charge < -0.3 is 5.73 Å². The van der Waals surface area contributed by atoms with Gasteiger partial charge >= 0.3 is 0 Å². The highest BCUT2D eigenvalue weighted by Crippen LogP contribution is 1.99. The first-order chi connectivity index (χ1) is 4.18. The van der Waals surface area contributed by atoms with Crippen LogP contribution in [0.1, 0.15) is 28.1 Å². The van der Waals surface area contributed by atoms with Crippen molar-refractivity contribution in [3.05, 3.63) is 0 Å². The highest BCUT2D eigenvalue weighted by Gasteiger charge is 2.04. The molecule has 9 heavy (non-hydrogen) atoms. The van der Waals surface area contributed by atoms with E-state index in [1.807, 2.05) is 13.8 Å². The second-order valence-corrected chi connectivity index (χ2v) is 2.51. The van der Waals surface area contributed by atoms with E-state index in [1.54, 1.807) is 0 Å². The van der Waals surface area contributed by atoms with Gasteiger partial charge in [0, 0.05) is 13.8 Å². The first-order valence-electron chi connectivity index (χ1n) is 3.41. The van der Waals surface area contributed by atoms with Crippen LogP contribution in [0.5, 0.6) is 0 Å². The Bertz CT molecular complexity index is 93.6. The normalized spacial score (nSPS) is 10.2. The number of hydrogen-bond donors (Lipinski definition) is 1. The zero-order valence-corrected chi connectivity index (χ0v) is 6.18. The maximum Gasteiger partial charge on any atom is 0.135 e. The maximum absolute atomic E-state index is 10.8. The molecule has 0 aliphatic rings. The van der Waals surface area contributed by atoms with Gasteiger partial charge in [0.1, 0.15) is 5.78 Å². The summed E-state index contributed by atoms with van der Waals surface area (Å²) >= 11 is 0. The van der Waals surface area contributed by atoms with E-state index in [0.29, 0.717) is 18.7 Å².